The van der Waals surface area contributed by atoms with Crippen LogP contribution in [-0.2, 0) is 9.47 Å². The smallest absolute Gasteiger partial charge is 0.124 e. The van der Waals surface area contributed by atoms with E-state index in [0.29, 0.717) is 13.2 Å². The molecule has 2 fully saturated rings. The van der Waals surface area contributed by atoms with E-state index in [-0.39, 0.29) is 11.5 Å². The number of benzene rings is 1. The van der Waals surface area contributed by atoms with Gasteiger partial charge in [-0.1, -0.05) is 18.2 Å². The van der Waals surface area contributed by atoms with Crippen molar-refractivity contribution < 1.29 is 19.3 Å². The molecule has 0 radical (unpaired) electrons. The molecule has 3 unspecified atom stereocenters. The van der Waals surface area contributed by atoms with E-state index in [1.165, 1.54) is 0 Å². The summed E-state index contributed by atoms with van der Waals surface area (Å²) >= 11 is 0. The van der Waals surface area contributed by atoms with Gasteiger partial charge in [-0.2, -0.15) is 0 Å². The first kappa shape index (κ1) is 13.9. The first-order chi connectivity index (χ1) is 9.74. The molecule has 3 rings (SSSR count). The Morgan fingerprint density at radius 1 is 1.35 bits per heavy atom. The lowest BCUT2D eigenvalue weighted by Gasteiger charge is -2.39. The Balaban J connectivity index is 1.77. The van der Waals surface area contributed by atoms with E-state index < -0.39 is 6.10 Å². The van der Waals surface area contributed by atoms with Crippen LogP contribution in [-0.4, -0.2) is 37.6 Å². The van der Waals surface area contributed by atoms with Crippen LogP contribution in [0.5, 0.6) is 5.75 Å². The lowest BCUT2D eigenvalue weighted by molar-refractivity contribution is -0.117. The van der Waals surface area contributed by atoms with E-state index in [9.17, 15) is 5.11 Å². The van der Waals surface area contributed by atoms with Crippen molar-refractivity contribution in [1.82, 2.24) is 0 Å². The highest BCUT2D eigenvalue weighted by Crippen LogP contribution is 2.42. The van der Waals surface area contributed by atoms with Gasteiger partial charge in [0, 0.05) is 25.2 Å². The van der Waals surface area contributed by atoms with Gasteiger partial charge >= 0.3 is 0 Å². The monoisotopic (exact) mass is 278 g/mol. The van der Waals surface area contributed by atoms with E-state index in [1.807, 2.05) is 24.3 Å². The third-order valence-corrected chi connectivity index (χ3v) is 4.50. The van der Waals surface area contributed by atoms with Gasteiger partial charge < -0.3 is 19.3 Å². The Hall–Kier alpha value is -1.10. The molecule has 20 heavy (non-hydrogen) atoms. The zero-order valence-electron chi connectivity index (χ0n) is 11.9. The predicted octanol–water partition coefficient (Wildman–Crippen LogP) is 2.31. The van der Waals surface area contributed by atoms with Crippen molar-refractivity contribution in [2.45, 2.75) is 31.0 Å². The van der Waals surface area contributed by atoms with Crippen LogP contribution in [0.1, 0.15) is 30.9 Å². The van der Waals surface area contributed by atoms with Gasteiger partial charge in [0.1, 0.15) is 5.75 Å². The molecule has 1 N–H and O–H groups in total. The van der Waals surface area contributed by atoms with Gasteiger partial charge in [0.25, 0.3) is 0 Å². The zero-order chi connectivity index (χ0) is 14.0. The maximum Gasteiger partial charge on any atom is 0.124 e. The fraction of sp³-hybridized carbons (Fsp3) is 0.625. The van der Waals surface area contributed by atoms with Gasteiger partial charge in [0.15, 0.2) is 0 Å². The van der Waals surface area contributed by atoms with Gasteiger partial charge in [-0.25, -0.2) is 0 Å². The number of rotatable bonds is 3. The second-order valence-corrected chi connectivity index (χ2v) is 5.77. The molecule has 1 spiro atoms. The number of aliphatic hydroxyl groups is 1. The van der Waals surface area contributed by atoms with Crippen LogP contribution in [0.25, 0.3) is 0 Å². The van der Waals surface area contributed by atoms with E-state index in [2.05, 4.69) is 0 Å². The molecule has 2 heterocycles. The topological polar surface area (TPSA) is 47.9 Å². The number of hydrogen-bond acceptors (Lipinski definition) is 4. The maximum atomic E-state index is 10.7. The summed E-state index contributed by atoms with van der Waals surface area (Å²) in [5.41, 5.74) is 0.697. The summed E-state index contributed by atoms with van der Waals surface area (Å²) in [6.07, 6.45) is 2.16. The molecule has 1 aromatic carbocycles. The number of hydrogen-bond donors (Lipinski definition) is 1. The van der Waals surface area contributed by atoms with Crippen LogP contribution in [0, 0.1) is 5.92 Å². The number of methoxy groups -OCH3 is 1. The van der Waals surface area contributed by atoms with Gasteiger partial charge in [-0.05, 0) is 24.8 Å². The van der Waals surface area contributed by atoms with Crippen LogP contribution in [0.15, 0.2) is 24.3 Å². The molecule has 0 aliphatic carbocycles. The highest BCUT2D eigenvalue weighted by Gasteiger charge is 2.43. The lowest BCUT2D eigenvalue weighted by Crippen LogP contribution is -2.41. The number of ether oxygens (including phenoxy) is 3. The molecule has 0 amide bonds. The molecule has 0 aromatic heterocycles. The van der Waals surface area contributed by atoms with Crippen molar-refractivity contribution in [3.8, 4) is 5.75 Å². The Morgan fingerprint density at radius 3 is 2.95 bits per heavy atom. The minimum atomic E-state index is -0.507. The Morgan fingerprint density at radius 2 is 2.20 bits per heavy atom. The summed E-state index contributed by atoms with van der Waals surface area (Å²) in [5, 5.41) is 10.7. The SMILES string of the molecule is COc1ccccc1C(O)C1CCOC2(CCOC2)C1. The van der Waals surface area contributed by atoms with Crippen LogP contribution in [0.2, 0.25) is 0 Å². The lowest BCUT2D eigenvalue weighted by atomic mass is 9.80. The van der Waals surface area contributed by atoms with Crippen molar-refractivity contribution in [3.05, 3.63) is 29.8 Å². The van der Waals surface area contributed by atoms with Crippen LogP contribution < -0.4 is 4.74 Å². The van der Waals surface area contributed by atoms with E-state index >= 15 is 0 Å². The summed E-state index contributed by atoms with van der Waals surface area (Å²) in [4.78, 5) is 0. The van der Waals surface area contributed by atoms with Crippen LogP contribution >= 0.6 is 0 Å². The van der Waals surface area contributed by atoms with Gasteiger partial charge in [0.05, 0.1) is 25.4 Å². The van der Waals surface area contributed by atoms with Crippen molar-refractivity contribution >= 4 is 0 Å². The van der Waals surface area contributed by atoms with Crippen molar-refractivity contribution in [1.29, 1.82) is 0 Å². The molecule has 0 bridgehead atoms. The van der Waals surface area contributed by atoms with Gasteiger partial charge in [-0.3, -0.25) is 0 Å². The van der Waals surface area contributed by atoms with Crippen LogP contribution in [0.3, 0.4) is 0 Å². The summed E-state index contributed by atoms with van der Waals surface area (Å²) in [6, 6.07) is 7.70. The molecule has 0 saturated carbocycles. The zero-order valence-corrected chi connectivity index (χ0v) is 11.9. The molecular weight excluding hydrogens is 256 g/mol. The number of aliphatic hydroxyl groups excluding tert-OH is 1. The minimum absolute atomic E-state index is 0.175. The average molecular weight is 278 g/mol. The number of para-hydroxylation sites is 1. The fourth-order valence-corrected chi connectivity index (χ4v) is 3.36. The molecule has 4 heteroatoms. The maximum absolute atomic E-state index is 10.7. The van der Waals surface area contributed by atoms with Crippen LogP contribution in [0.4, 0.5) is 0 Å². The predicted molar refractivity (Wildman–Crippen MR) is 74.8 cm³/mol. The second kappa shape index (κ2) is 5.72. The third kappa shape index (κ3) is 2.55. The molecule has 2 aliphatic rings. The van der Waals surface area contributed by atoms with E-state index in [4.69, 9.17) is 14.2 Å². The Labute approximate surface area is 119 Å². The van der Waals surface area contributed by atoms with E-state index in [1.54, 1.807) is 7.11 Å². The van der Waals surface area contributed by atoms with Crippen molar-refractivity contribution in [2.75, 3.05) is 26.9 Å². The molecular formula is C16H22O4. The molecule has 4 nitrogen and oxygen atoms in total. The minimum Gasteiger partial charge on any atom is -0.496 e. The molecule has 1 aromatic rings. The first-order valence-electron chi connectivity index (χ1n) is 7.27. The molecule has 110 valence electrons. The quantitative estimate of drug-likeness (QED) is 0.921. The highest BCUT2D eigenvalue weighted by molar-refractivity contribution is 5.35. The largest absolute Gasteiger partial charge is 0.496 e. The fourth-order valence-electron chi connectivity index (χ4n) is 3.36. The molecule has 3 atom stereocenters. The Kier molecular flexibility index (Phi) is 3.96. The second-order valence-electron chi connectivity index (χ2n) is 5.77. The first-order valence-corrected chi connectivity index (χ1v) is 7.27. The summed E-state index contributed by atoms with van der Waals surface area (Å²) in [6.45, 7) is 2.11. The summed E-state index contributed by atoms with van der Waals surface area (Å²) in [5.74, 6) is 0.949. The van der Waals surface area contributed by atoms with E-state index in [0.717, 1.165) is 37.2 Å². The van der Waals surface area contributed by atoms with Crippen molar-refractivity contribution in [2.24, 2.45) is 5.92 Å². The van der Waals surface area contributed by atoms with Gasteiger partial charge in [-0.15, -0.1) is 0 Å². The normalized spacial score (nSPS) is 31.4. The average Bonchev–Trinajstić information content (AvgIpc) is 2.94. The summed E-state index contributed by atoms with van der Waals surface area (Å²) < 4.78 is 16.8. The summed E-state index contributed by atoms with van der Waals surface area (Å²) in [7, 11) is 1.64. The van der Waals surface area contributed by atoms with Gasteiger partial charge in [0.2, 0.25) is 0 Å². The van der Waals surface area contributed by atoms with Crippen molar-refractivity contribution in [3.63, 3.8) is 0 Å². The standard InChI is InChI=1S/C16H22O4/c1-18-14-5-3-2-4-13(14)15(17)12-6-8-20-16(10-12)7-9-19-11-16/h2-5,12,15,17H,6-11H2,1H3. The molecule has 2 saturated heterocycles. The third-order valence-electron chi connectivity index (χ3n) is 4.50. The Bertz CT molecular complexity index is 454. The highest BCUT2D eigenvalue weighted by atomic mass is 16.6. The molecule has 2 aliphatic heterocycles.